The molecule has 3 rings (SSSR count). The highest BCUT2D eigenvalue weighted by molar-refractivity contribution is 5.79. The lowest BCUT2D eigenvalue weighted by atomic mass is 9.80. The maximum atomic E-state index is 12.0. The number of nitrogens with zero attached hydrogens (tertiary/aromatic N) is 2. The first-order valence-corrected chi connectivity index (χ1v) is 8.13. The standard InChI is InChI=1S/C16H23N5O2/c17-15(22)11-9-13(10-11)20-16(23)19-12-3-7-21(8-4-12)14-1-5-18-6-2-14/h1-2,5-6,11-13H,3-4,7-10H2,(H2,17,22)(H2,19,20,23). The number of amides is 3. The summed E-state index contributed by atoms with van der Waals surface area (Å²) in [5.74, 6) is -0.351. The number of hydrogen-bond acceptors (Lipinski definition) is 4. The highest BCUT2D eigenvalue weighted by Crippen LogP contribution is 2.26. The second kappa shape index (κ2) is 6.85. The van der Waals surface area contributed by atoms with Gasteiger partial charge in [-0.05, 0) is 37.8 Å². The number of carbonyl (C=O) groups excluding carboxylic acids is 2. The maximum Gasteiger partial charge on any atom is 0.315 e. The molecule has 2 heterocycles. The van der Waals surface area contributed by atoms with E-state index in [0.29, 0.717) is 12.8 Å². The normalized spacial score (nSPS) is 24.6. The number of aromatic nitrogens is 1. The van der Waals surface area contributed by atoms with Crippen molar-refractivity contribution in [1.82, 2.24) is 15.6 Å². The van der Waals surface area contributed by atoms with Crippen LogP contribution < -0.4 is 21.3 Å². The molecule has 0 spiro atoms. The van der Waals surface area contributed by atoms with E-state index in [-0.39, 0.29) is 29.9 Å². The summed E-state index contributed by atoms with van der Waals surface area (Å²) in [6, 6.07) is 4.14. The van der Waals surface area contributed by atoms with Gasteiger partial charge in [-0.2, -0.15) is 0 Å². The molecule has 7 nitrogen and oxygen atoms in total. The maximum absolute atomic E-state index is 12.0. The van der Waals surface area contributed by atoms with Gasteiger partial charge in [0, 0.05) is 49.2 Å². The van der Waals surface area contributed by atoms with Crippen LogP contribution in [-0.4, -0.2) is 42.1 Å². The fourth-order valence-electron chi connectivity index (χ4n) is 3.22. The van der Waals surface area contributed by atoms with Crippen LogP contribution >= 0.6 is 0 Å². The molecule has 124 valence electrons. The Labute approximate surface area is 135 Å². The predicted molar refractivity (Wildman–Crippen MR) is 86.8 cm³/mol. The molecule has 0 radical (unpaired) electrons. The lowest BCUT2D eigenvalue weighted by molar-refractivity contribution is -0.124. The minimum absolute atomic E-state index is 0.0735. The number of anilines is 1. The summed E-state index contributed by atoms with van der Waals surface area (Å²) < 4.78 is 0. The number of pyridine rings is 1. The molecular formula is C16H23N5O2. The second-order valence-corrected chi connectivity index (χ2v) is 6.35. The van der Waals surface area contributed by atoms with Gasteiger partial charge < -0.3 is 21.3 Å². The van der Waals surface area contributed by atoms with Crippen LogP contribution in [0.25, 0.3) is 0 Å². The van der Waals surface area contributed by atoms with Gasteiger partial charge in [0.2, 0.25) is 5.91 Å². The van der Waals surface area contributed by atoms with Gasteiger partial charge in [0.25, 0.3) is 0 Å². The third-order valence-corrected chi connectivity index (χ3v) is 4.73. The second-order valence-electron chi connectivity index (χ2n) is 6.35. The third kappa shape index (κ3) is 3.91. The first-order chi connectivity index (χ1) is 11.1. The number of urea groups is 1. The van der Waals surface area contributed by atoms with Crippen molar-refractivity contribution in [1.29, 1.82) is 0 Å². The predicted octanol–water partition coefficient (Wildman–Crippen LogP) is 0.613. The summed E-state index contributed by atoms with van der Waals surface area (Å²) in [5, 5.41) is 5.94. The average Bonchev–Trinajstić information content (AvgIpc) is 2.52. The Kier molecular flexibility index (Phi) is 4.64. The van der Waals surface area contributed by atoms with Gasteiger partial charge in [-0.3, -0.25) is 9.78 Å². The van der Waals surface area contributed by atoms with Gasteiger partial charge in [0.05, 0.1) is 0 Å². The van der Waals surface area contributed by atoms with Gasteiger partial charge in [-0.15, -0.1) is 0 Å². The van der Waals surface area contributed by atoms with Crippen molar-refractivity contribution in [2.75, 3.05) is 18.0 Å². The van der Waals surface area contributed by atoms with Crippen molar-refractivity contribution < 1.29 is 9.59 Å². The van der Waals surface area contributed by atoms with Crippen molar-refractivity contribution in [2.24, 2.45) is 11.7 Å². The number of rotatable bonds is 4. The zero-order valence-corrected chi connectivity index (χ0v) is 13.1. The van der Waals surface area contributed by atoms with Crippen LogP contribution in [0.15, 0.2) is 24.5 Å². The van der Waals surface area contributed by atoms with E-state index in [1.165, 1.54) is 5.69 Å². The monoisotopic (exact) mass is 317 g/mol. The van der Waals surface area contributed by atoms with E-state index in [2.05, 4.69) is 20.5 Å². The Morgan fingerprint density at radius 1 is 1.09 bits per heavy atom. The summed E-state index contributed by atoms with van der Waals surface area (Å²) in [6.07, 6.45) is 6.75. The van der Waals surface area contributed by atoms with E-state index < -0.39 is 0 Å². The van der Waals surface area contributed by atoms with Gasteiger partial charge in [0.1, 0.15) is 0 Å². The Morgan fingerprint density at radius 2 is 1.70 bits per heavy atom. The Hall–Kier alpha value is -2.31. The van der Waals surface area contributed by atoms with Gasteiger partial charge in [-0.1, -0.05) is 0 Å². The molecular weight excluding hydrogens is 294 g/mol. The van der Waals surface area contributed by atoms with Crippen LogP contribution in [0, 0.1) is 5.92 Å². The van der Waals surface area contributed by atoms with Crippen molar-refractivity contribution in [3.8, 4) is 0 Å². The van der Waals surface area contributed by atoms with E-state index in [1.807, 2.05) is 12.1 Å². The molecule has 7 heteroatoms. The zero-order valence-electron chi connectivity index (χ0n) is 13.1. The van der Waals surface area contributed by atoms with Crippen LogP contribution in [0.1, 0.15) is 25.7 Å². The van der Waals surface area contributed by atoms with Crippen LogP contribution in [0.3, 0.4) is 0 Å². The smallest absolute Gasteiger partial charge is 0.315 e. The number of carbonyl (C=O) groups is 2. The molecule has 2 aliphatic rings. The molecule has 4 N–H and O–H groups in total. The fourth-order valence-corrected chi connectivity index (χ4v) is 3.22. The van der Waals surface area contributed by atoms with Crippen LogP contribution in [-0.2, 0) is 4.79 Å². The highest BCUT2D eigenvalue weighted by Gasteiger charge is 2.34. The van der Waals surface area contributed by atoms with E-state index in [4.69, 9.17) is 5.73 Å². The van der Waals surface area contributed by atoms with Crippen molar-refractivity contribution >= 4 is 17.6 Å². The molecule has 23 heavy (non-hydrogen) atoms. The topological polar surface area (TPSA) is 100 Å². The van der Waals surface area contributed by atoms with E-state index in [1.54, 1.807) is 12.4 Å². The SMILES string of the molecule is NC(=O)C1CC(NC(=O)NC2CCN(c3ccncc3)CC2)C1. The first-order valence-electron chi connectivity index (χ1n) is 8.13. The number of nitrogens with one attached hydrogen (secondary N) is 2. The number of hydrogen-bond donors (Lipinski definition) is 3. The fraction of sp³-hybridized carbons (Fsp3) is 0.562. The number of nitrogens with two attached hydrogens (primary N) is 1. The quantitative estimate of drug-likeness (QED) is 0.757. The van der Waals surface area contributed by atoms with Crippen LogP contribution in [0.2, 0.25) is 0 Å². The summed E-state index contributed by atoms with van der Waals surface area (Å²) >= 11 is 0. The highest BCUT2D eigenvalue weighted by atomic mass is 16.2. The molecule has 1 aromatic rings. The number of piperidine rings is 1. The van der Waals surface area contributed by atoms with Crippen molar-refractivity contribution in [2.45, 2.75) is 37.8 Å². The summed E-state index contributed by atoms with van der Waals surface area (Å²) in [4.78, 5) is 29.3. The van der Waals surface area contributed by atoms with Gasteiger partial charge in [-0.25, -0.2) is 4.79 Å². The number of primary amides is 1. The molecule has 2 fully saturated rings. The Balaban J connectivity index is 1.37. The average molecular weight is 317 g/mol. The van der Waals surface area contributed by atoms with Gasteiger partial charge >= 0.3 is 6.03 Å². The van der Waals surface area contributed by atoms with Crippen molar-refractivity contribution in [3.05, 3.63) is 24.5 Å². The molecule has 1 aromatic heterocycles. The molecule has 0 atom stereocenters. The Bertz CT molecular complexity index is 551. The largest absolute Gasteiger partial charge is 0.371 e. The molecule has 1 aliphatic carbocycles. The molecule has 1 saturated heterocycles. The molecule has 1 saturated carbocycles. The minimum atomic E-state index is -0.271. The van der Waals surface area contributed by atoms with Crippen molar-refractivity contribution in [3.63, 3.8) is 0 Å². The molecule has 1 aliphatic heterocycles. The van der Waals surface area contributed by atoms with Crippen LogP contribution in [0.5, 0.6) is 0 Å². The lowest BCUT2D eigenvalue weighted by Crippen LogP contribution is -2.54. The molecule has 3 amide bonds. The summed E-state index contributed by atoms with van der Waals surface area (Å²) in [7, 11) is 0. The minimum Gasteiger partial charge on any atom is -0.371 e. The van der Waals surface area contributed by atoms with Crippen LogP contribution in [0.4, 0.5) is 10.5 Å². The summed E-state index contributed by atoms with van der Waals surface area (Å²) in [5.41, 5.74) is 6.40. The van der Waals surface area contributed by atoms with E-state index >= 15 is 0 Å². The summed E-state index contributed by atoms with van der Waals surface area (Å²) in [6.45, 7) is 1.84. The zero-order chi connectivity index (χ0) is 16.2. The van der Waals surface area contributed by atoms with Gasteiger partial charge in [0.15, 0.2) is 0 Å². The first kappa shape index (κ1) is 15.6. The Morgan fingerprint density at radius 3 is 2.30 bits per heavy atom. The molecule has 0 unspecified atom stereocenters. The molecule has 0 bridgehead atoms. The lowest BCUT2D eigenvalue weighted by Gasteiger charge is -2.36. The van der Waals surface area contributed by atoms with E-state index in [9.17, 15) is 9.59 Å². The van der Waals surface area contributed by atoms with E-state index in [0.717, 1.165) is 25.9 Å². The molecule has 0 aromatic carbocycles. The third-order valence-electron chi connectivity index (χ3n) is 4.73.